The minimum atomic E-state index is 0. The Hall–Kier alpha value is 0.0400. The summed E-state index contributed by atoms with van der Waals surface area (Å²) in [5.74, 6) is 0. The first-order valence-corrected chi connectivity index (χ1v) is 3.44. The van der Waals surface area contributed by atoms with E-state index in [-0.39, 0.29) is 29.6 Å². The molecule has 0 radical (unpaired) electrons. The predicted octanol–water partition coefficient (Wildman–Crippen LogP) is 0.974. The fourth-order valence-corrected chi connectivity index (χ4v) is 1.19. The number of hydrogen-bond donors (Lipinski definition) is 1. The van der Waals surface area contributed by atoms with Gasteiger partial charge in [0, 0.05) is 12.4 Å². The fourth-order valence-electron chi connectivity index (χ4n) is 0.933. The van der Waals surface area contributed by atoms with Crippen molar-refractivity contribution in [3.8, 4) is 0 Å². The third-order valence-electron chi connectivity index (χ3n) is 1.41. The summed E-state index contributed by atoms with van der Waals surface area (Å²) in [6.07, 6.45) is 3.65. The van der Waals surface area contributed by atoms with E-state index in [0.29, 0.717) is 0 Å². The van der Waals surface area contributed by atoms with Crippen LogP contribution in [0.2, 0.25) is 0 Å². The Labute approximate surface area is 92.3 Å². The van der Waals surface area contributed by atoms with E-state index in [1.807, 2.05) is 28.8 Å². The summed E-state index contributed by atoms with van der Waals surface area (Å²) in [6.45, 7) is 0. The van der Waals surface area contributed by atoms with E-state index in [0.717, 1.165) is 10.7 Å². The van der Waals surface area contributed by atoms with Gasteiger partial charge >= 0.3 is 29.6 Å². The van der Waals surface area contributed by atoms with Crippen molar-refractivity contribution < 1.29 is 0 Å². The molecule has 0 N–H and O–H groups in total. The van der Waals surface area contributed by atoms with Gasteiger partial charge in [0.25, 0.3) is 0 Å². The molecule has 2 aromatic rings. The van der Waals surface area contributed by atoms with Crippen molar-refractivity contribution in [2.24, 2.45) is 0 Å². The molecule has 0 bridgehead atoms. The van der Waals surface area contributed by atoms with Gasteiger partial charge < -0.3 is 0 Å². The first kappa shape index (κ1) is 9.13. The third kappa shape index (κ3) is 1.62. The molecule has 4 heteroatoms. The van der Waals surface area contributed by atoms with E-state index in [2.05, 4.69) is 17.6 Å². The molecule has 2 nitrogen and oxygen atoms in total. The molecule has 2 rings (SSSR count). The standard InChI is InChI=1S/C7H6N2S.Na.H/c10-7-3-1-2-6-8-4-5-9(6)7;;/h1-5,10H;;. The van der Waals surface area contributed by atoms with Crippen molar-refractivity contribution in [3.05, 3.63) is 30.6 Å². The van der Waals surface area contributed by atoms with Crippen LogP contribution in [0.25, 0.3) is 5.65 Å². The molecule has 0 fully saturated rings. The Kier molecular flexibility index (Phi) is 3.01. The van der Waals surface area contributed by atoms with Crippen molar-refractivity contribution in [1.29, 1.82) is 0 Å². The van der Waals surface area contributed by atoms with E-state index in [9.17, 15) is 0 Å². The number of aromatic nitrogens is 2. The summed E-state index contributed by atoms with van der Waals surface area (Å²) in [6, 6.07) is 5.81. The molecule has 2 aromatic heterocycles. The van der Waals surface area contributed by atoms with Gasteiger partial charge in [0.05, 0.1) is 5.03 Å². The molecule has 0 aliphatic heterocycles. The van der Waals surface area contributed by atoms with Gasteiger partial charge in [-0.15, -0.1) is 12.6 Å². The third-order valence-corrected chi connectivity index (χ3v) is 1.77. The molecule has 0 saturated carbocycles. The van der Waals surface area contributed by atoms with Gasteiger partial charge in [-0.1, -0.05) is 6.07 Å². The van der Waals surface area contributed by atoms with Crippen LogP contribution in [0.15, 0.2) is 35.6 Å². The van der Waals surface area contributed by atoms with Gasteiger partial charge in [-0.05, 0) is 12.1 Å². The van der Waals surface area contributed by atoms with Crippen LogP contribution in [0.4, 0.5) is 0 Å². The van der Waals surface area contributed by atoms with Gasteiger partial charge in [-0.3, -0.25) is 4.40 Å². The number of imidazole rings is 1. The molecule has 0 unspecified atom stereocenters. The normalized spacial score (nSPS) is 9.55. The zero-order valence-corrected chi connectivity index (χ0v) is 6.12. The fraction of sp³-hybridized carbons (Fsp3) is 0. The molecule has 0 spiro atoms. The molecule has 11 heavy (non-hydrogen) atoms. The molecule has 0 atom stereocenters. The number of thiol groups is 1. The molecule has 0 saturated heterocycles. The maximum absolute atomic E-state index is 4.24. The SMILES string of the molecule is Sc1cccc2nccn12.[NaH]. The Morgan fingerprint density at radius 3 is 2.91 bits per heavy atom. The summed E-state index contributed by atoms with van der Waals surface area (Å²) in [7, 11) is 0. The molecule has 0 amide bonds. The molecule has 2 heterocycles. The topological polar surface area (TPSA) is 17.3 Å². The van der Waals surface area contributed by atoms with Crippen molar-refractivity contribution in [1.82, 2.24) is 9.38 Å². The second-order valence-corrected chi connectivity index (χ2v) is 2.50. The number of fused-ring (bicyclic) bond motifs is 1. The monoisotopic (exact) mass is 174 g/mol. The number of nitrogens with zero attached hydrogens (tertiary/aromatic N) is 2. The molecular weight excluding hydrogens is 167 g/mol. The van der Waals surface area contributed by atoms with Crippen LogP contribution in [0, 0.1) is 0 Å². The van der Waals surface area contributed by atoms with E-state index in [1.165, 1.54) is 0 Å². The van der Waals surface area contributed by atoms with Crippen LogP contribution in [-0.2, 0) is 0 Å². The molecule has 52 valence electrons. The quantitative estimate of drug-likeness (QED) is 0.465. The zero-order chi connectivity index (χ0) is 6.97. The van der Waals surface area contributed by atoms with E-state index in [1.54, 1.807) is 6.20 Å². The van der Waals surface area contributed by atoms with Gasteiger partial charge in [-0.25, -0.2) is 4.98 Å². The van der Waals surface area contributed by atoms with Crippen LogP contribution in [0.5, 0.6) is 0 Å². The van der Waals surface area contributed by atoms with Crippen LogP contribution in [-0.4, -0.2) is 38.9 Å². The Morgan fingerprint density at radius 2 is 2.18 bits per heavy atom. The summed E-state index contributed by atoms with van der Waals surface area (Å²) in [4.78, 5) is 4.09. The number of pyridine rings is 1. The predicted molar refractivity (Wildman–Crippen MR) is 49.6 cm³/mol. The van der Waals surface area contributed by atoms with E-state index >= 15 is 0 Å². The minimum absolute atomic E-state index is 0. The van der Waals surface area contributed by atoms with Crippen molar-refractivity contribution in [3.63, 3.8) is 0 Å². The second-order valence-electron chi connectivity index (χ2n) is 2.04. The maximum atomic E-state index is 4.24. The van der Waals surface area contributed by atoms with Crippen LogP contribution in [0.3, 0.4) is 0 Å². The average molecular weight is 174 g/mol. The molecule has 0 aliphatic carbocycles. The zero-order valence-electron chi connectivity index (χ0n) is 5.23. The Balaban J connectivity index is 0.000000605. The average Bonchev–Trinajstić information content (AvgIpc) is 2.36. The Morgan fingerprint density at radius 1 is 1.36 bits per heavy atom. The molecular formula is C7H7N2NaS. The number of hydrogen-bond acceptors (Lipinski definition) is 2. The number of rotatable bonds is 0. The summed E-state index contributed by atoms with van der Waals surface area (Å²) >= 11 is 4.24. The van der Waals surface area contributed by atoms with E-state index < -0.39 is 0 Å². The Bertz CT molecular complexity index is 358. The second kappa shape index (κ2) is 3.63. The van der Waals surface area contributed by atoms with Crippen LogP contribution >= 0.6 is 12.6 Å². The van der Waals surface area contributed by atoms with Gasteiger partial charge in [0.15, 0.2) is 0 Å². The van der Waals surface area contributed by atoms with E-state index in [4.69, 9.17) is 0 Å². The first-order valence-electron chi connectivity index (χ1n) is 2.99. The molecule has 0 aromatic carbocycles. The van der Waals surface area contributed by atoms with Gasteiger partial charge in [-0.2, -0.15) is 0 Å². The van der Waals surface area contributed by atoms with Gasteiger partial charge in [0.2, 0.25) is 0 Å². The van der Waals surface area contributed by atoms with Crippen LogP contribution < -0.4 is 0 Å². The summed E-state index contributed by atoms with van der Waals surface area (Å²) in [5.41, 5.74) is 0.938. The van der Waals surface area contributed by atoms with Crippen molar-refractivity contribution in [2.75, 3.05) is 0 Å². The van der Waals surface area contributed by atoms with Crippen molar-refractivity contribution in [2.45, 2.75) is 5.03 Å². The van der Waals surface area contributed by atoms with Crippen LogP contribution in [0.1, 0.15) is 0 Å². The first-order chi connectivity index (χ1) is 4.88. The summed E-state index contributed by atoms with van der Waals surface area (Å²) in [5, 5.41) is 0.912. The summed E-state index contributed by atoms with van der Waals surface area (Å²) < 4.78 is 1.92. The van der Waals surface area contributed by atoms with Gasteiger partial charge in [0.1, 0.15) is 5.65 Å². The van der Waals surface area contributed by atoms with Crippen molar-refractivity contribution >= 4 is 47.8 Å². The molecule has 0 aliphatic rings.